The maximum Gasteiger partial charge on any atom is 0.232 e. The Hall–Kier alpha value is -1.03. The number of aromatic amines is 1. The van der Waals surface area contributed by atoms with Gasteiger partial charge in [-0.3, -0.25) is 0 Å². The van der Waals surface area contributed by atoms with E-state index in [1.165, 1.54) is 0 Å². The third-order valence-electron chi connectivity index (χ3n) is 1.87. The van der Waals surface area contributed by atoms with Crippen molar-refractivity contribution >= 4 is 0 Å². The van der Waals surface area contributed by atoms with Crippen LogP contribution in [0.3, 0.4) is 0 Å². The Morgan fingerprint density at radius 1 is 1.67 bits per heavy atom. The largest absolute Gasteiger partial charge is 0.492 e. The molecule has 1 rings (SSSR count). The molecule has 4 nitrogen and oxygen atoms in total. The molecule has 0 aliphatic rings. The summed E-state index contributed by atoms with van der Waals surface area (Å²) < 4.78 is 5.04. The summed E-state index contributed by atoms with van der Waals surface area (Å²) >= 11 is 0. The highest BCUT2D eigenvalue weighted by Crippen LogP contribution is 2.19. The monoisotopic (exact) mass is 170 g/mol. The van der Waals surface area contributed by atoms with Gasteiger partial charge in [-0.1, -0.05) is 6.92 Å². The molecule has 12 heavy (non-hydrogen) atoms. The number of imidazole rings is 1. The van der Waals surface area contributed by atoms with Crippen molar-refractivity contribution in [2.75, 3.05) is 7.11 Å². The molecular formula is C8H14N2O2. The number of aryl methyl sites for hydroxylation is 1. The number of nitrogens with zero attached hydrogens (tertiary/aromatic N) is 1. The summed E-state index contributed by atoms with van der Waals surface area (Å²) in [6.07, 6.45) is 0.645. The van der Waals surface area contributed by atoms with E-state index in [-0.39, 0.29) is 12.0 Å². The fourth-order valence-corrected chi connectivity index (χ4v) is 0.971. The summed E-state index contributed by atoms with van der Waals surface area (Å²) in [4.78, 5) is 6.92. The first kappa shape index (κ1) is 9.06. The summed E-state index contributed by atoms with van der Waals surface area (Å²) in [5.41, 5.74) is 0.758. The molecule has 4 heteroatoms. The predicted molar refractivity (Wildman–Crippen MR) is 45.1 cm³/mol. The molecule has 0 aromatic carbocycles. The number of methoxy groups -OCH3 is 1. The summed E-state index contributed by atoms with van der Waals surface area (Å²) in [6.45, 7) is 3.83. The zero-order valence-electron chi connectivity index (χ0n) is 7.59. The standard InChI is InChI=1S/C8H14N2O2/c1-4-6-8(11)10-7(9-6)5(2)12-3/h5,11H,4H2,1-3H3,(H,9,10). The van der Waals surface area contributed by atoms with Crippen LogP contribution < -0.4 is 0 Å². The molecule has 1 heterocycles. The fraction of sp³-hybridized carbons (Fsp3) is 0.625. The van der Waals surface area contributed by atoms with Crippen molar-refractivity contribution in [3.63, 3.8) is 0 Å². The van der Waals surface area contributed by atoms with E-state index in [0.717, 1.165) is 12.1 Å². The van der Waals surface area contributed by atoms with Gasteiger partial charge < -0.3 is 14.8 Å². The smallest absolute Gasteiger partial charge is 0.232 e. The van der Waals surface area contributed by atoms with Crippen molar-refractivity contribution in [1.82, 2.24) is 9.97 Å². The van der Waals surface area contributed by atoms with Gasteiger partial charge in [-0.25, -0.2) is 0 Å². The predicted octanol–water partition coefficient (Wildman–Crippen LogP) is 1.39. The molecule has 1 atom stereocenters. The second-order valence-corrected chi connectivity index (χ2v) is 2.66. The second kappa shape index (κ2) is 3.58. The molecule has 2 N–H and O–H groups in total. The molecular weight excluding hydrogens is 156 g/mol. The summed E-state index contributed by atoms with van der Waals surface area (Å²) in [6, 6.07) is 0. The van der Waals surface area contributed by atoms with Gasteiger partial charge >= 0.3 is 0 Å². The summed E-state index contributed by atoms with van der Waals surface area (Å²) in [5.74, 6) is 0.753. The highest BCUT2D eigenvalue weighted by atomic mass is 16.5. The first-order chi connectivity index (χ1) is 5.69. The molecule has 0 amide bonds. The number of ether oxygens (including phenoxy) is 1. The average molecular weight is 170 g/mol. The Bertz CT molecular complexity index is 258. The van der Waals surface area contributed by atoms with Gasteiger partial charge in [0, 0.05) is 7.11 Å². The third kappa shape index (κ3) is 1.58. The van der Waals surface area contributed by atoms with Crippen LogP contribution in [0.2, 0.25) is 0 Å². The Labute approximate surface area is 71.6 Å². The minimum absolute atomic E-state index is 0.0800. The number of aromatic hydroxyl groups is 1. The number of hydrogen-bond donors (Lipinski definition) is 2. The quantitative estimate of drug-likeness (QED) is 0.720. The van der Waals surface area contributed by atoms with Gasteiger partial charge in [0.2, 0.25) is 5.88 Å². The molecule has 0 radical (unpaired) electrons. The number of hydrogen-bond acceptors (Lipinski definition) is 3. The third-order valence-corrected chi connectivity index (χ3v) is 1.87. The van der Waals surface area contributed by atoms with Crippen molar-refractivity contribution in [3.8, 4) is 5.88 Å². The molecule has 0 aliphatic heterocycles. The highest BCUT2D eigenvalue weighted by Gasteiger charge is 2.12. The molecule has 0 fully saturated rings. The molecule has 68 valence electrons. The topological polar surface area (TPSA) is 58.1 Å². The van der Waals surface area contributed by atoms with E-state index in [4.69, 9.17) is 4.74 Å². The molecule has 1 aromatic heterocycles. The minimum atomic E-state index is -0.101. The van der Waals surface area contributed by atoms with Crippen molar-refractivity contribution in [2.24, 2.45) is 0 Å². The number of nitrogens with one attached hydrogen (secondary N) is 1. The maximum absolute atomic E-state index is 9.28. The van der Waals surface area contributed by atoms with Crippen LogP contribution in [-0.2, 0) is 11.2 Å². The average Bonchev–Trinajstić information content (AvgIpc) is 2.45. The van der Waals surface area contributed by atoms with E-state index < -0.39 is 0 Å². The number of rotatable bonds is 3. The van der Waals surface area contributed by atoms with Crippen LogP contribution in [0.15, 0.2) is 0 Å². The maximum atomic E-state index is 9.28. The van der Waals surface area contributed by atoms with Gasteiger partial charge in [-0.05, 0) is 13.3 Å². The van der Waals surface area contributed by atoms with Crippen LogP contribution in [0.1, 0.15) is 31.5 Å². The van der Waals surface area contributed by atoms with Crippen LogP contribution >= 0.6 is 0 Å². The van der Waals surface area contributed by atoms with Gasteiger partial charge in [-0.15, -0.1) is 0 Å². The van der Waals surface area contributed by atoms with Crippen molar-refractivity contribution in [3.05, 3.63) is 11.5 Å². The van der Waals surface area contributed by atoms with Crippen LogP contribution in [0.5, 0.6) is 5.88 Å². The number of H-pyrrole nitrogens is 1. The number of aromatic nitrogens is 2. The summed E-state index contributed by atoms with van der Waals surface area (Å²) in [5, 5.41) is 9.28. The van der Waals surface area contributed by atoms with Gasteiger partial charge in [0.25, 0.3) is 0 Å². The lowest BCUT2D eigenvalue weighted by Gasteiger charge is -2.03. The lowest BCUT2D eigenvalue weighted by molar-refractivity contribution is 0.112. The van der Waals surface area contributed by atoms with Gasteiger partial charge in [-0.2, -0.15) is 4.98 Å². The van der Waals surface area contributed by atoms with E-state index in [9.17, 15) is 5.11 Å². The van der Waals surface area contributed by atoms with Crippen LogP contribution in [0.4, 0.5) is 0 Å². The minimum Gasteiger partial charge on any atom is -0.492 e. The Morgan fingerprint density at radius 3 is 2.75 bits per heavy atom. The van der Waals surface area contributed by atoms with Crippen LogP contribution in [0.25, 0.3) is 0 Å². The molecule has 0 aliphatic carbocycles. The van der Waals surface area contributed by atoms with E-state index in [1.807, 2.05) is 13.8 Å². The van der Waals surface area contributed by atoms with Gasteiger partial charge in [0.1, 0.15) is 11.9 Å². The van der Waals surface area contributed by atoms with E-state index >= 15 is 0 Å². The molecule has 1 unspecified atom stereocenters. The van der Waals surface area contributed by atoms with Crippen LogP contribution in [-0.4, -0.2) is 22.2 Å². The molecule has 0 spiro atoms. The molecule has 0 saturated heterocycles. The lowest BCUT2D eigenvalue weighted by Crippen LogP contribution is -1.97. The van der Waals surface area contributed by atoms with E-state index in [2.05, 4.69) is 9.97 Å². The van der Waals surface area contributed by atoms with Gasteiger partial charge in [0.15, 0.2) is 0 Å². The van der Waals surface area contributed by atoms with Crippen LogP contribution in [0, 0.1) is 0 Å². The van der Waals surface area contributed by atoms with Crippen molar-refractivity contribution in [2.45, 2.75) is 26.4 Å². The second-order valence-electron chi connectivity index (χ2n) is 2.66. The zero-order valence-corrected chi connectivity index (χ0v) is 7.59. The molecule has 1 aromatic rings. The lowest BCUT2D eigenvalue weighted by atomic mass is 10.3. The Balaban J connectivity index is 2.88. The van der Waals surface area contributed by atoms with Crippen molar-refractivity contribution < 1.29 is 9.84 Å². The SMILES string of the molecule is CCc1[nH]c(C(C)OC)nc1O. The fourth-order valence-electron chi connectivity index (χ4n) is 0.971. The Kier molecular flexibility index (Phi) is 2.70. The van der Waals surface area contributed by atoms with E-state index in [0.29, 0.717) is 5.82 Å². The molecule has 0 bridgehead atoms. The molecule has 0 saturated carbocycles. The normalized spacial score (nSPS) is 13.2. The first-order valence-corrected chi connectivity index (χ1v) is 3.99. The Morgan fingerprint density at radius 2 is 2.33 bits per heavy atom. The summed E-state index contributed by atoms with van der Waals surface area (Å²) in [7, 11) is 1.61. The highest BCUT2D eigenvalue weighted by molar-refractivity contribution is 5.19. The first-order valence-electron chi connectivity index (χ1n) is 3.99. The van der Waals surface area contributed by atoms with Crippen molar-refractivity contribution in [1.29, 1.82) is 0 Å². The van der Waals surface area contributed by atoms with E-state index in [1.54, 1.807) is 7.11 Å². The van der Waals surface area contributed by atoms with Gasteiger partial charge in [0.05, 0.1) is 5.69 Å². The zero-order chi connectivity index (χ0) is 9.14.